The maximum Gasteiger partial charge on any atom is 0.319 e. The molecule has 0 saturated heterocycles. The Morgan fingerprint density at radius 1 is 1.26 bits per heavy atom. The van der Waals surface area contributed by atoms with E-state index in [1.165, 1.54) is 11.1 Å². The van der Waals surface area contributed by atoms with Crippen molar-refractivity contribution in [1.29, 1.82) is 0 Å². The average Bonchev–Trinajstić information content (AvgIpc) is 2.38. The molecule has 0 aliphatic rings. The Morgan fingerprint density at radius 2 is 2.00 bits per heavy atom. The monoisotopic (exact) mass is 265 g/mol. The Hall–Kier alpha value is -1.55. The molecule has 0 spiro atoms. The van der Waals surface area contributed by atoms with Crippen molar-refractivity contribution in [2.45, 2.75) is 27.2 Å². The molecule has 1 N–H and O–H groups in total. The van der Waals surface area contributed by atoms with Crippen LogP contribution in [-0.4, -0.2) is 32.8 Å². The van der Waals surface area contributed by atoms with Gasteiger partial charge in [-0.2, -0.15) is 0 Å². The van der Waals surface area contributed by atoms with Crippen LogP contribution in [0.25, 0.3) is 0 Å². The Labute approximate surface area is 115 Å². The number of hydrogen-bond donors (Lipinski definition) is 1. The number of hydrogen-bond acceptors (Lipinski definition) is 4. The standard InChI is InChI=1S/C15H23NO3/c1-5-19-15(17)10-16-7-6-13-8-12(3)14(18-4)9-11(13)2/h8-9,16H,5-7,10H2,1-4H3. The lowest BCUT2D eigenvalue weighted by Crippen LogP contribution is -2.26. The van der Waals surface area contributed by atoms with Gasteiger partial charge in [0.15, 0.2) is 0 Å². The van der Waals surface area contributed by atoms with Gasteiger partial charge in [-0.3, -0.25) is 4.79 Å². The van der Waals surface area contributed by atoms with E-state index in [0.717, 1.165) is 24.3 Å². The minimum atomic E-state index is -0.204. The van der Waals surface area contributed by atoms with Gasteiger partial charge in [0.1, 0.15) is 5.75 Å². The number of benzene rings is 1. The summed E-state index contributed by atoms with van der Waals surface area (Å²) in [5.74, 6) is 0.714. The fraction of sp³-hybridized carbons (Fsp3) is 0.533. The van der Waals surface area contributed by atoms with E-state index in [2.05, 4.69) is 24.4 Å². The van der Waals surface area contributed by atoms with Gasteiger partial charge in [-0.15, -0.1) is 0 Å². The van der Waals surface area contributed by atoms with Crippen LogP contribution in [0.5, 0.6) is 5.75 Å². The largest absolute Gasteiger partial charge is 0.496 e. The normalized spacial score (nSPS) is 10.3. The molecule has 0 radical (unpaired) electrons. The van der Waals surface area contributed by atoms with Crippen LogP contribution < -0.4 is 10.1 Å². The summed E-state index contributed by atoms with van der Waals surface area (Å²) in [5.41, 5.74) is 3.61. The molecule has 0 amide bonds. The van der Waals surface area contributed by atoms with Crippen molar-refractivity contribution in [1.82, 2.24) is 5.32 Å². The second-order valence-corrected chi connectivity index (χ2v) is 4.48. The molecule has 1 rings (SSSR count). The molecule has 1 aromatic carbocycles. The van der Waals surface area contributed by atoms with Crippen LogP contribution in [0.2, 0.25) is 0 Å². The van der Waals surface area contributed by atoms with Gasteiger partial charge >= 0.3 is 5.97 Å². The molecule has 0 unspecified atom stereocenters. The molecule has 0 aliphatic heterocycles. The van der Waals surface area contributed by atoms with Crippen LogP contribution in [-0.2, 0) is 16.0 Å². The molecule has 0 saturated carbocycles. The number of methoxy groups -OCH3 is 1. The number of ether oxygens (including phenoxy) is 2. The highest BCUT2D eigenvalue weighted by molar-refractivity contribution is 5.71. The Balaban J connectivity index is 2.45. The third-order valence-corrected chi connectivity index (χ3v) is 3.00. The molecule has 19 heavy (non-hydrogen) atoms. The lowest BCUT2D eigenvalue weighted by Gasteiger charge is -2.11. The molecular weight excluding hydrogens is 242 g/mol. The molecular formula is C15H23NO3. The molecule has 0 aliphatic carbocycles. The molecule has 0 heterocycles. The first-order valence-corrected chi connectivity index (χ1v) is 6.59. The molecule has 106 valence electrons. The van der Waals surface area contributed by atoms with E-state index in [0.29, 0.717) is 6.61 Å². The number of carbonyl (C=O) groups is 1. The second-order valence-electron chi connectivity index (χ2n) is 4.48. The van der Waals surface area contributed by atoms with Crippen molar-refractivity contribution in [2.75, 3.05) is 26.8 Å². The van der Waals surface area contributed by atoms with Crippen LogP contribution in [0.4, 0.5) is 0 Å². The first-order chi connectivity index (χ1) is 9.08. The lowest BCUT2D eigenvalue weighted by molar-refractivity contribution is -0.141. The number of nitrogens with one attached hydrogen (secondary N) is 1. The van der Waals surface area contributed by atoms with Gasteiger partial charge in [-0.25, -0.2) is 0 Å². The van der Waals surface area contributed by atoms with E-state index < -0.39 is 0 Å². The smallest absolute Gasteiger partial charge is 0.319 e. The van der Waals surface area contributed by atoms with E-state index in [1.807, 2.05) is 6.92 Å². The number of aryl methyl sites for hydroxylation is 2. The minimum Gasteiger partial charge on any atom is -0.496 e. The summed E-state index contributed by atoms with van der Waals surface area (Å²) in [5, 5.41) is 3.09. The van der Waals surface area contributed by atoms with Gasteiger partial charge in [-0.1, -0.05) is 6.07 Å². The first kappa shape index (κ1) is 15.5. The Morgan fingerprint density at radius 3 is 2.63 bits per heavy atom. The summed E-state index contributed by atoms with van der Waals surface area (Å²) in [7, 11) is 1.68. The van der Waals surface area contributed by atoms with Crippen LogP contribution in [0.1, 0.15) is 23.6 Å². The van der Waals surface area contributed by atoms with Crippen molar-refractivity contribution in [3.05, 3.63) is 28.8 Å². The predicted octanol–water partition coefficient (Wildman–Crippen LogP) is 2.01. The summed E-state index contributed by atoms with van der Waals surface area (Å²) in [6.07, 6.45) is 0.885. The van der Waals surface area contributed by atoms with Crippen LogP contribution in [0, 0.1) is 13.8 Å². The maximum atomic E-state index is 11.2. The SMILES string of the molecule is CCOC(=O)CNCCc1cc(C)c(OC)cc1C. The quantitative estimate of drug-likeness (QED) is 0.605. The fourth-order valence-electron chi connectivity index (χ4n) is 1.96. The molecule has 0 fully saturated rings. The fourth-order valence-corrected chi connectivity index (χ4v) is 1.96. The van der Waals surface area contributed by atoms with Crippen LogP contribution in [0.3, 0.4) is 0 Å². The van der Waals surface area contributed by atoms with Gasteiger partial charge in [0.25, 0.3) is 0 Å². The first-order valence-electron chi connectivity index (χ1n) is 6.59. The van der Waals surface area contributed by atoms with Gasteiger partial charge in [0.05, 0.1) is 20.3 Å². The molecule has 0 bridgehead atoms. The highest BCUT2D eigenvalue weighted by atomic mass is 16.5. The number of carbonyl (C=O) groups excluding carboxylic acids is 1. The molecule has 4 heteroatoms. The zero-order chi connectivity index (χ0) is 14.3. The van der Waals surface area contributed by atoms with Gasteiger partial charge in [-0.05, 0) is 56.5 Å². The van der Waals surface area contributed by atoms with Crippen LogP contribution in [0.15, 0.2) is 12.1 Å². The number of rotatable bonds is 7. The lowest BCUT2D eigenvalue weighted by atomic mass is 10.0. The maximum absolute atomic E-state index is 11.2. The van der Waals surface area contributed by atoms with Crippen molar-refractivity contribution in [3.63, 3.8) is 0 Å². The molecule has 1 aromatic rings. The van der Waals surface area contributed by atoms with Gasteiger partial charge in [0, 0.05) is 0 Å². The average molecular weight is 265 g/mol. The van der Waals surface area contributed by atoms with Crippen molar-refractivity contribution >= 4 is 5.97 Å². The summed E-state index contributed by atoms with van der Waals surface area (Å²) in [6.45, 7) is 7.36. The summed E-state index contributed by atoms with van der Waals surface area (Å²) >= 11 is 0. The van der Waals surface area contributed by atoms with Gasteiger partial charge < -0.3 is 14.8 Å². The molecule has 0 atom stereocenters. The van der Waals surface area contributed by atoms with E-state index in [4.69, 9.17) is 9.47 Å². The van der Waals surface area contributed by atoms with E-state index >= 15 is 0 Å². The zero-order valence-corrected chi connectivity index (χ0v) is 12.2. The minimum absolute atomic E-state index is 0.204. The zero-order valence-electron chi connectivity index (χ0n) is 12.2. The van der Waals surface area contributed by atoms with E-state index in [1.54, 1.807) is 14.0 Å². The Kier molecular flexibility index (Phi) is 6.36. The second kappa shape index (κ2) is 7.79. The van der Waals surface area contributed by atoms with Crippen molar-refractivity contribution in [3.8, 4) is 5.75 Å². The highest BCUT2D eigenvalue weighted by Crippen LogP contribution is 2.22. The summed E-state index contributed by atoms with van der Waals surface area (Å²) in [6, 6.07) is 4.19. The molecule has 0 aromatic heterocycles. The number of esters is 1. The summed E-state index contributed by atoms with van der Waals surface area (Å²) in [4.78, 5) is 11.2. The van der Waals surface area contributed by atoms with Crippen LogP contribution >= 0.6 is 0 Å². The predicted molar refractivity (Wildman–Crippen MR) is 75.7 cm³/mol. The van der Waals surface area contributed by atoms with E-state index in [9.17, 15) is 4.79 Å². The molecule has 4 nitrogen and oxygen atoms in total. The van der Waals surface area contributed by atoms with E-state index in [-0.39, 0.29) is 12.5 Å². The topological polar surface area (TPSA) is 47.6 Å². The van der Waals surface area contributed by atoms with Gasteiger partial charge in [0.2, 0.25) is 0 Å². The third-order valence-electron chi connectivity index (χ3n) is 3.00. The Bertz CT molecular complexity index is 430. The van der Waals surface area contributed by atoms with Crippen molar-refractivity contribution < 1.29 is 14.3 Å². The highest BCUT2D eigenvalue weighted by Gasteiger charge is 2.05. The van der Waals surface area contributed by atoms with Crippen molar-refractivity contribution in [2.24, 2.45) is 0 Å². The third kappa shape index (κ3) is 4.91. The summed E-state index contributed by atoms with van der Waals surface area (Å²) < 4.78 is 10.1.